The normalized spacial score (nSPS) is 17.7. The molecular weight excluding hydrogens is 344 g/mol. The molecule has 0 spiro atoms. The molecule has 1 fully saturated rings. The Kier molecular flexibility index (Phi) is 8.29. The Morgan fingerprint density at radius 2 is 2.08 bits per heavy atom. The van der Waals surface area contributed by atoms with Crippen LogP contribution in [-0.4, -0.2) is 54.7 Å². The minimum absolute atomic E-state index is 0.0643. The SMILES string of the molecule is CCNC(=NCCSc1ccc(C)cc1)NC1CCN(C(=O)C(C)C)C1. The summed E-state index contributed by atoms with van der Waals surface area (Å²) >= 11 is 1.82. The van der Waals surface area contributed by atoms with Gasteiger partial charge in [0, 0.05) is 42.2 Å². The Morgan fingerprint density at radius 3 is 2.73 bits per heavy atom. The van der Waals surface area contributed by atoms with Gasteiger partial charge in [-0.15, -0.1) is 11.8 Å². The van der Waals surface area contributed by atoms with Crippen molar-refractivity contribution in [3.63, 3.8) is 0 Å². The molecule has 1 aromatic rings. The van der Waals surface area contributed by atoms with Gasteiger partial charge >= 0.3 is 0 Å². The summed E-state index contributed by atoms with van der Waals surface area (Å²) in [5.41, 5.74) is 1.28. The van der Waals surface area contributed by atoms with E-state index in [9.17, 15) is 4.79 Å². The van der Waals surface area contributed by atoms with Crippen LogP contribution in [0.15, 0.2) is 34.2 Å². The number of hydrogen-bond acceptors (Lipinski definition) is 3. The lowest BCUT2D eigenvalue weighted by atomic mass is 10.2. The number of rotatable bonds is 7. The van der Waals surface area contributed by atoms with Crippen LogP contribution in [-0.2, 0) is 4.79 Å². The number of aryl methyl sites for hydroxylation is 1. The number of thioether (sulfide) groups is 1. The van der Waals surface area contributed by atoms with Gasteiger partial charge in [-0.3, -0.25) is 9.79 Å². The van der Waals surface area contributed by atoms with Crippen LogP contribution < -0.4 is 10.6 Å². The van der Waals surface area contributed by atoms with Crippen molar-refractivity contribution < 1.29 is 4.79 Å². The number of nitrogens with zero attached hydrogens (tertiary/aromatic N) is 2. The van der Waals surface area contributed by atoms with Crippen LogP contribution >= 0.6 is 11.8 Å². The highest BCUT2D eigenvalue weighted by molar-refractivity contribution is 7.99. The van der Waals surface area contributed by atoms with E-state index in [2.05, 4.69) is 53.7 Å². The summed E-state index contributed by atoms with van der Waals surface area (Å²) in [6.07, 6.45) is 0.973. The molecule has 26 heavy (non-hydrogen) atoms. The molecule has 1 saturated heterocycles. The van der Waals surface area contributed by atoms with Crippen molar-refractivity contribution in [2.24, 2.45) is 10.9 Å². The summed E-state index contributed by atoms with van der Waals surface area (Å²) in [6.45, 7) is 11.3. The zero-order chi connectivity index (χ0) is 18.9. The van der Waals surface area contributed by atoms with Crippen molar-refractivity contribution in [3.8, 4) is 0 Å². The van der Waals surface area contributed by atoms with Gasteiger partial charge in [0.2, 0.25) is 5.91 Å². The molecule has 0 aliphatic carbocycles. The minimum atomic E-state index is 0.0643. The Morgan fingerprint density at radius 1 is 1.35 bits per heavy atom. The first-order valence-corrected chi connectivity index (χ1v) is 10.5. The highest BCUT2D eigenvalue weighted by Crippen LogP contribution is 2.18. The number of likely N-dealkylation sites (tertiary alicyclic amines) is 1. The molecule has 2 rings (SSSR count). The first kappa shape index (κ1) is 20.6. The van der Waals surface area contributed by atoms with Crippen molar-refractivity contribution >= 4 is 23.6 Å². The molecule has 5 nitrogen and oxygen atoms in total. The molecule has 0 saturated carbocycles. The Labute approximate surface area is 162 Å². The summed E-state index contributed by atoms with van der Waals surface area (Å²) in [7, 11) is 0. The van der Waals surface area contributed by atoms with Crippen molar-refractivity contribution in [2.75, 3.05) is 31.9 Å². The van der Waals surface area contributed by atoms with Crippen molar-refractivity contribution in [2.45, 2.75) is 45.1 Å². The van der Waals surface area contributed by atoms with Crippen LogP contribution in [0.5, 0.6) is 0 Å². The van der Waals surface area contributed by atoms with Crippen molar-refractivity contribution in [1.29, 1.82) is 0 Å². The van der Waals surface area contributed by atoms with E-state index in [0.717, 1.165) is 44.3 Å². The van der Waals surface area contributed by atoms with Gasteiger partial charge in [0.05, 0.1) is 6.54 Å². The molecule has 1 aliphatic heterocycles. The van der Waals surface area contributed by atoms with Gasteiger partial charge in [-0.05, 0) is 32.4 Å². The lowest BCUT2D eigenvalue weighted by Crippen LogP contribution is -2.45. The maximum atomic E-state index is 12.1. The van der Waals surface area contributed by atoms with Gasteiger partial charge < -0.3 is 15.5 Å². The number of nitrogens with one attached hydrogen (secondary N) is 2. The lowest BCUT2D eigenvalue weighted by Gasteiger charge is -2.20. The van der Waals surface area contributed by atoms with E-state index in [1.807, 2.05) is 30.5 Å². The summed E-state index contributed by atoms with van der Waals surface area (Å²) in [5.74, 6) is 2.10. The third-order valence-electron chi connectivity index (χ3n) is 4.33. The smallest absolute Gasteiger partial charge is 0.225 e. The average Bonchev–Trinajstić information content (AvgIpc) is 3.08. The molecule has 1 heterocycles. The summed E-state index contributed by atoms with van der Waals surface area (Å²) in [4.78, 5) is 20.0. The zero-order valence-electron chi connectivity index (χ0n) is 16.4. The van der Waals surface area contributed by atoms with E-state index in [0.29, 0.717) is 0 Å². The Balaban J connectivity index is 1.79. The molecule has 1 atom stereocenters. The van der Waals surface area contributed by atoms with Crippen LogP contribution in [0.4, 0.5) is 0 Å². The predicted molar refractivity (Wildman–Crippen MR) is 111 cm³/mol. The number of hydrogen-bond donors (Lipinski definition) is 2. The lowest BCUT2D eigenvalue weighted by molar-refractivity contribution is -0.133. The zero-order valence-corrected chi connectivity index (χ0v) is 17.2. The maximum Gasteiger partial charge on any atom is 0.225 e. The van der Waals surface area contributed by atoms with E-state index in [1.165, 1.54) is 10.5 Å². The quantitative estimate of drug-likeness (QED) is 0.332. The Hall–Kier alpha value is -1.69. The van der Waals surface area contributed by atoms with Gasteiger partial charge in [0.15, 0.2) is 5.96 Å². The highest BCUT2D eigenvalue weighted by atomic mass is 32.2. The first-order valence-electron chi connectivity index (χ1n) is 9.52. The molecule has 144 valence electrons. The van der Waals surface area contributed by atoms with E-state index in [-0.39, 0.29) is 17.9 Å². The first-order chi connectivity index (χ1) is 12.5. The van der Waals surface area contributed by atoms with E-state index < -0.39 is 0 Å². The van der Waals surface area contributed by atoms with Gasteiger partial charge in [-0.25, -0.2) is 0 Å². The molecule has 6 heteroatoms. The van der Waals surface area contributed by atoms with Gasteiger partial charge in [0.1, 0.15) is 0 Å². The number of carbonyl (C=O) groups excluding carboxylic acids is 1. The fraction of sp³-hybridized carbons (Fsp3) is 0.600. The van der Waals surface area contributed by atoms with Crippen LogP contribution in [0.2, 0.25) is 0 Å². The monoisotopic (exact) mass is 376 g/mol. The van der Waals surface area contributed by atoms with Crippen molar-refractivity contribution in [1.82, 2.24) is 15.5 Å². The molecule has 1 amide bonds. The molecule has 0 bridgehead atoms. The molecule has 0 radical (unpaired) electrons. The van der Waals surface area contributed by atoms with Crippen LogP contribution in [0.3, 0.4) is 0 Å². The molecule has 1 aromatic carbocycles. The van der Waals surface area contributed by atoms with Gasteiger partial charge in [-0.2, -0.15) is 0 Å². The second-order valence-corrected chi connectivity index (χ2v) is 8.16. The molecule has 1 aliphatic rings. The third kappa shape index (κ3) is 6.56. The summed E-state index contributed by atoms with van der Waals surface area (Å²) < 4.78 is 0. The summed E-state index contributed by atoms with van der Waals surface area (Å²) in [5, 5.41) is 6.79. The second kappa shape index (κ2) is 10.5. The van der Waals surface area contributed by atoms with Crippen LogP contribution in [0.25, 0.3) is 0 Å². The van der Waals surface area contributed by atoms with E-state index >= 15 is 0 Å². The van der Waals surface area contributed by atoms with Gasteiger partial charge in [-0.1, -0.05) is 31.5 Å². The van der Waals surface area contributed by atoms with Crippen LogP contribution in [0.1, 0.15) is 32.8 Å². The fourth-order valence-electron chi connectivity index (χ4n) is 2.91. The Bertz CT molecular complexity index is 600. The largest absolute Gasteiger partial charge is 0.357 e. The topological polar surface area (TPSA) is 56.7 Å². The number of benzene rings is 1. The highest BCUT2D eigenvalue weighted by Gasteiger charge is 2.27. The van der Waals surface area contributed by atoms with Gasteiger partial charge in [0.25, 0.3) is 0 Å². The maximum absolute atomic E-state index is 12.1. The number of aliphatic imine (C=N–C) groups is 1. The standard InChI is InChI=1S/C20H32N4OS/c1-5-21-20(22-11-13-26-18-8-6-16(4)7-9-18)23-17-10-12-24(14-17)19(25)15(2)3/h6-9,15,17H,5,10-14H2,1-4H3,(H2,21,22,23). The number of carbonyl (C=O) groups is 1. The minimum Gasteiger partial charge on any atom is -0.357 e. The molecular formula is C20H32N4OS. The van der Waals surface area contributed by atoms with E-state index in [1.54, 1.807) is 0 Å². The number of guanidine groups is 1. The predicted octanol–water partition coefficient (Wildman–Crippen LogP) is 2.90. The second-order valence-electron chi connectivity index (χ2n) is 6.99. The van der Waals surface area contributed by atoms with Crippen LogP contribution in [0, 0.1) is 12.8 Å². The number of amides is 1. The van der Waals surface area contributed by atoms with Crippen molar-refractivity contribution in [3.05, 3.63) is 29.8 Å². The van der Waals surface area contributed by atoms with E-state index in [4.69, 9.17) is 0 Å². The fourth-order valence-corrected chi connectivity index (χ4v) is 3.66. The average molecular weight is 377 g/mol. The molecule has 1 unspecified atom stereocenters. The molecule has 0 aromatic heterocycles. The third-order valence-corrected chi connectivity index (χ3v) is 5.32. The summed E-state index contributed by atoms with van der Waals surface area (Å²) in [6, 6.07) is 8.88. The molecule has 2 N–H and O–H groups in total.